The molecule has 4 rings (SSSR count). The Labute approximate surface area is 199 Å². The van der Waals surface area contributed by atoms with Gasteiger partial charge in [0.1, 0.15) is 11.3 Å². The van der Waals surface area contributed by atoms with Gasteiger partial charge in [0.05, 0.1) is 20.1 Å². The van der Waals surface area contributed by atoms with Crippen molar-refractivity contribution in [2.75, 3.05) is 10.7 Å². The minimum absolute atomic E-state index is 0.0940. The molecule has 0 atom stereocenters. The molecule has 13 nitrogen and oxygen atoms in total. The topological polar surface area (TPSA) is 178 Å². The van der Waals surface area contributed by atoms with E-state index in [1.54, 1.807) is 0 Å². The largest absolute Gasteiger partial charge is 0.355 e. The molecule has 15 heteroatoms. The number of nitrogens with one attached hydrogen (secondary N) is 3. The molecule has 0 aliphatic carbocycles. The van der Waals surface area contributed by atoms with Crippen LogP contribution in [0.5, 0.6) is 0 Å². The van der Waals surface area contributed by atoms with Crippen LogP contribution in [0.3, 0.4) is 0 Å². The van der Waals surface area contributed by atoms with Crippen molar-refractivity contribution in [1.29, 1.82) is 0 Å². The number of thiazole rings is 1. The fraction of sp³-hybridized carbons (Fsp3) is 0.0526. The summed E-state index contributed by atoms with van der Waals surface area (Å²) in [5.41, 5.74) is 5.21. The Hall–Kier alpha value is -4.43. The van der Waals surface area contributed by atoms with Crippen molar-refractivity contribution in [2.24, 2.45) is 0 Å². The fourth-order valence-electron chi connectivity index (χ4n) is 2.96. The lowest BCUT2D eigenvalue weighted by Crippen LogP contribution is -2.30. The molecule has 0 saturated carbocycles. The molecular formula is C19H13ClN8O5S. The Morgan fingerprint density at radius 1 is 1.09 bits per heavy atom. The number of fused-ring (bicyclic) bond motifs is 1. The lowest BCUT2D eigenvalue weighted by Gasteiger charge is -2.10. The van der Waals surface area contributed by atoms with E-state index in [4.69, 9.17) is 11.6 Å². The van der Waals surface area contributed by atoms with Gasteiger partial charge in [-0.25, -0.2) is 15.0 Å². The summed E-state index contributed by atoms with van der Waals surface area (Å²) in [6.45, 7) is 1.90. The number of aryl methyl sites for hydroxylation is 1. The second kappa shape index (κ2) is 9.21. The molecule has 0 saturated heterocycles. The summed E-state index contributed by atoms with van der Waals surface area (Å²) < 4.78 is 0.891. The van der Waals surface area contributed by atoms with Crippen molar-refractivity contribution < 1.29 is 14.6 Å². The summed E-state index contributed by atoms with van der Waals surface area (Å²) in [7, 11) is 0. The number of amides is 1. The Balaban J connectivity index is 1.58. The van der Waals surface area contributed by atoms with Gasteiger partial charge in [0.15, 0.2) is 5.13 Å². The van der Waals surface area contributed by atoms with Gasteiger partial charge in [-0.15, -0.1) is 0 Å². The predicted molar refractivity (Wildman–Crippen MR) is 126 cm³/mol. The zero-order valence-corrected chi connectivity index (χ0v) is 18.7. The van der Waals surface area contributed by atoms with Gasteiger partial charge in [0.2, 0.25) is 11.6 Å². The summed E-state index contributed by atoms with van der Waals surface area (Å²) in [5.74, 6) is -1.25. The molecular weight excluding hydrogens is 488 g/mol. The fourth-order valence-corrected chi connectivity index (χ4v) is 4.09. The van der Waals surface area contributed by atoms with Crippen LogP contribution >= 0.6 is 22.9 Å². The van der Waals surface area contributed by atoms with Gasteiger partial charge in [-0.3, -0.25) is 35.9 Å². The maximum Gasteiger partial charge on any atom is 0.355 e. The number of carbonyl (C=O) groups is 1. The highest BCUT2D eigenvalue weighted by atomic mass is 35.5. The molecule has 0 spiro atoms. The molecule has 0 bridgehead atoms. The van der Waals surface area contributed by atoms with Crippen molar-refractivity contribution in [1.82, 2.24) is 20.4 Å². The Morgan fingerprint density at radius 3 is 2.56 bits per heavy atom. The van der Waals surface area contributed by atoms with Crippen molar-refractivity contribution in [3.05, 3.63) is 79.1 Å². The predicted octanol–water partition coefficient (Wildman–Crippen LogP) is 4.37. The first-order valence-corrected chi connectivity index (χ1v) is 10.6. The van der Waals surface area contributed by atoms with E-state index in [1.165, 1.54) is 23.5 Å². The van der Waals surface area contributed by atoms with Crippen molar-refractivity contribution in [2.45, 2.75) is 6.92 Å². The number of nitrogens with zero attached hydrogens (tertiary/aromatic N) is 5. The zero-order chi connectivity index (χ0) is 24.4. The van der Waals surface area contributed by atoms with Crippen molar-refractivity contribution in [3.63, 3.8) is 0 Å². The van der Waals surface area contributed by atoms with Gasteiger partial charge in [0.25, 0.3) is 11.6 Å². The SMILES string of the molecule is Cc1cccc2sc(Nc3ncnc(NNC(=O)c4ccc(Cl)c([N+](=O)[O-])c4)c3[N+](=O)[O-])nc12. The van der Waals surface area contributed by atoms with Gasteiger partial charge < -0.3 is 5.32 Å². The molecule has 0 aliphatic heterocycles. The maximum absolute atomic E-state index is 12.4. The highest BCUT2D eigenvalue weighted by molar-refractivity contribution is 7.22. The van der Waals surface area contributed by atoms with Crippen LogP contribution in [0, 0.1) is 27.2 Å². The number of carbonyl (C=O) groups excluding carboxylic acids is 1. The average Bonchev–Trinajstić information content (AvgIpc) is 3.21. The van der Waals surface area contributed by atoms with Crippen LogP contribution in [0.4, 0.5) is 28.1 Å². The Bertz CT molecular complexity index is 1460. The van der Waals surface area contributed by atoms with Crippen molar-refractivity contribution >= 4 is 67.2 Å². The van der Waals surface area contributed by atoms with Gasteiger partial charge in [-0.05, 0) is 30.7 Å². The third kappa shape index (κ3) is 4.53. The van der Waals surface area contributed by atoms with E-state index in [1.807, 2.05) is 25.1 Å². The standard InChI is InChI=1S/C19H13ClN8O5S/c1-9-3-2-4-13-14(9)23-19(34-13)24-16-15(28(32)33)17(22-8-21-16)25-26-18(29)10-5-6-11(20)12(7-10)27(30)31/h2-8H,1H3,(H,26,29)(H2,21,22,23,24,25). The summed E-state index contributed by atoms with van der Waals surface area (Å²) in [6.07, 6.45) is 1.07. The quantitative estimate of drug-likeness (QED) is 0.243. The van der Waals surface area contributed by atoms with Crippen LogP contribution in [0.2, 0.25) is 5.02 Å². The molecule has 2 aromatic heterocycles. The van der Waals surface area contributed by atoms with Gasteiger partial charge in [0, 0.05) is 11.6 Å². The number of anilines is 3. The van der Waals surface area contributed by atoms with Gasteiger partial charge in [-0.2, -0.15) is 0 Å². The number of aromatic nitrogens is 3. The molecule has 0 aliphatic rings. The number of hydrogen-bond acceptors (Lipinski definition) is 11. The average molecular weight is 501 g/mol. The third-order valence-corrected chi connectivity index (χ3v) is 5.81. The summed E-state index contributed by atoms with van der Waals surface area (Å²) in [6, 6.07) is 9.11. The van der Waals surface area contributed by atoms with E-state index in [0.717, 1.165) is 28.2 Å². The van der Waals surface area contributed by atoms with E-state index in [-0.39, 0.29) is 22.2 Å². The monoisotopic (exact) mass is 500 g/mol. The molecule has 172 valence electrons. The molecule has 34 heavy (non-hydrogen) atoms. The van der Waals surface area contributed by atoms with Gasteiger partial charge in [-0.1, -0.05) is 35.1 Å². The van der Waals surface area contributed by atoms with Crippen LogP contribution in [-0.2, 0) is 0 Å². The summed E-state index contributed by atoms with van der Waals surface area (Å²) >= 11 is 7.04. The molecule has 4 aromatic rings. The lowest BCUT2D eigenvalue weighted by atomic mass is 10.2. The minimum atomic E-state index is -0.802. The van der Waals surface area contributed by atoms with E-state index >= 15 is 0 Å². The summed E-state index contributed by atoms with van der Waals surface area (Å²) in [5, 5.41) is 25.9. The number of hydrazine groups is 1. The van der Waals surface area contributed by atoms with Crippen LogP contribution in [0.25, 0.3) is 10.2 Å². The molecule has 1 amide bonds. The minimum Gasteiger partial charge on any atom is -0.310 e. The van der Waals surface area contributed by atoms with Crippen LogP contribution in [-0.4, -0.2) is 30.7 Å². The smallest absolute Gasteiger partial charge is 0.310 e. The normalized spacial score (nSPS) is 10.6. The maximum atomic E-state index is 12.4. The van der Waals surface area contributed by atoms with Crippen molar-refractivity contribution in [3.8, 4) is 0 Å². The molecule has 0 radical (unpaired) electrons. The highest BCUT2D eigenvalue weighted by Crippen LogP contribution is 2.34. The van der Waals surface area contributed by atoms with Gasteiger partial charge >= 0.3 is 5.69 Å². The molecule has 0 fully saturated rings. The Morgan fingerprint density at radius 2 is 1.85 bits per heavy atom. The van der Waals surface area contributed by atoms with E-state index in [0.29, 0.717) is 5.13 Å². The number of halogens is 1. The molecule has 2 aromatic carbocycles. The number of hydrogen-bond donors (Lipinski definition) is 3. The number of nitro groups is 2. The van der Waals surface area contributed by atoms with Crippen LogP contribution < -0.4 is 16.2 Å². The number of nitro benzene ring substituents is 1. The molecule has 3 N–H and O–H groups in total. The number of benzene rings is 2. The summed E-state index contributed by atoms with van der Waals surface area (Å²) in [4.78, 5) is 46.0. The third-order valence-electron chi connectivity index (χ3n) is 4.55. The van der Waals surface area contributed by atoms with E-state index < -0.39 is 27.1 Å². The highest BCUT2D eigenvalue weighted by Gasteiger charge is 2.25. The lowest BCUT2D eigenvalue weighted by molar-refractivity contribution is -0.384. The van der Waals surface area contributed by atoms with E-state index in [2.05, 4.69) is 31.1 Å². The van der Waals surface area contributed by atoms with E-state index in [9.17, 15) is 25.0 Å². The first kappa shape index (κ1) is 22.8. The van der Waals surface area contributed by atoms with Crippen LogP contribution in [0.1, 0.15) is 15.9 Å². The number of rotatable bonds is 7. The first-order valence-electron chi connectivity index (χ1n) is 9.37. The zero-order valence-electron chi connectivity index (χ0n) is 17.1. The molecule has 2 heterocycles. The first-order chi connectivity index (χ1) is 16.2. The second-order valence-electron chi connectivity index (χ2n) is 6.74. The van der Waals surface area contributed by atoms with Crippen LogP contribution in [0.15, 0.2) is 42.7 Å². The molecule has 0 unspecified atom stereocenters. The second-order valence-corrected chi connectivity index (χ2v) is 8.18. The Kier molecular flexibility index (Phi) is 6.16. The number of para-hydroxylation sites is 1.